The van der Waals surface area contributed by atoms with E-state index in [9.17, 15) is 0 Å². The lowest BCUT2D eigenvalue weighted by Crippen LogP contribution is -2.09. The minimum atomic E-state index is 1.15. The van der Waals surface area contributed by atoms with Gasteiger partial charge < -0.3 is 9.80 Å². The Bertz CT molecular complexity index is 3100. The highest BCUT2D eigenvalue weighted by Gasteiger charge is 2.21. The zero-order valence-corrected chi connectivity index (χ0v) is 31.8. The summed E-state index contributed by atoms with van der Waals surface area (Å²) < 4.78 is 5.21. The van der Waals surface area contributed by atoms with Crippen molar-refractivity contribution < 1.29 is 0 Å². The Balaban J connectivity index is 1.06. The molecule has 4 heteroatoms. The van der Waals surface area contributed by atoms with Crippen LogP contribution in [0, 0.1) is 0 Å². The lowest BCUT2D eigenvalue weighted by atomic mass is 9.89. The zero-order valence-electron chi connectivity index (χ0n) is 30.2. The first kappa shape index (κ1) is 31.6. The van der Waals surface area contributed by atoms with Gasteiger partial charge in [-0.1, -0.05) is 97.1 Å². The van der Waals surface area contributed by atoms with Crippen LogP contribution in [0.3, 0.4) is 0 Å². The fourth-order valence-corrected chi connectivity index (χ4v) is 11.2. The Morgan fingerprint density at radius 1 is 0.250 bits per heavy atom. The second-order valence-electron chi connectivity index (χ2n) is 14.5. The Morgan fingerprint density at radius 3 is 0.964 bits per heavy atom. The van der Waals surface area contributed by atoms with E-state index in [1.54, 1.807) is 0 Å². The first-order chi connectivity index (χ1) is 27.8. The van der Waals surface area contributed by atoms with E-state index in [-0.39, 0.29) is 0 Å². The van der Waals surface area contributed by atoms with Crippen LogP contribution >= 0.6 is 22.7 Å². The molecular formula is C52H32N2S2. The largest absolute Gasteiger partial charge is 0.310 e. The van der Waals surface area contributed by atoms with Gasteiger partial charge in [-0.25, -0.2) is 0 Å². The molecule has 0 aliphatic rings. The van der Waals surface area contributed by atoms with Crippen molar-refractivity contribution in [1.29, 1.82) is 0 Å². The van der Waals surface area contributed by atoms with E-state index < -0.39 is 0 Å². The van der Waals surface area contributed by atoms with Crippen LogP contribution in [0.5, 0.6) is 0 Å². The molecule has 0 atom stereocenters. The van der Waals surface area contributed by atoms with E-state index in [1.807, 2.05) is 22.7 Å². The monoisotopic (exact) mass is 748 g/mol. The molecule has 0 unspecified atom stereocenters. The third-order valence-corrected chi connectivity index (χ3v) is 13.5. The number of hydrogen-bond acceptors (Lipinski definition) is 4. The van der Waals surface area contributed by atoms with Gasteiger partial charge in [-0.3, -0.25) is 0 Å². The van der Waals surface area contributed by atoms with E-state index in [0.717, 1.165) is 34.1 Å². The van der Waals surface area contributed by atoms with E-state index in [4.69, 9.17) is 0 Å². The van der Waals surface area contributed by atoms with Gasteiger partial charge in [0.15, 0.2) is 0 Å². The lowest BCUT2D eigenvalue weighted by Gasteiger charge is -2.26. The van der Waals surface area contributed by atoms with Gasteiger partial charge in [-0.05, 0) is 140 Å². The molecule has 2 nitrogen and oxygen atoms in total. The van der Waals surface area contributed by atoms with E-state index in [1.165, 1.54) is 72.7 Å². The molecule has 12 aromatic rings. The Hall–Kier alpha value is -6.72. The number of anilines is 6. The average Bonchev–Trinajstić information content (AvgIpc) is 3.26. The molecule has 2 heterocycles. The number of fused-ring (bicyclic) bond motifs is 4. The predicted molar refractivity (Wildman–Crippen MR) is 245 cm³/mol. The summed E-state index contributed by atoms with van der Waals surface area (Å²) in [5, 5.41) is 13.4. The van der Waals surface area contributed by atoms with Crippen LogP contribution in [0.25, 0.3) is 72.7 Å². The van der Waals surface area contributed by atoms with Crippen molar-refractivity contribution in [3.8, 4) is 0 Å². The van der Waals surface area contributed by atoms with Crippen LogP contribution in [-0.2, 0) is 0 Å². The molecule has 0 saturated heterocycles. The summed E-state index contributed by atoms with van der Waals surface area (Å²) in [7, 11) is 0. The van der Waals surface area contributed by atoms with Crippen molar-refractivity contribution in [3.05, 3.63) is 194 Å². The van der Waals surface area contributed by atoms with Crippen molar-refractivity contribution in [1.82, 2.24) is 0 Å². The molecule has 0 aliphatic carbocycles. The van der Waals surface area contributed by atoms with E-state index >= 15 is 0 Å². The van der Waals surface area contributed by atoms with Crippen molar-refractivity contribution in [2.24, 2.45) is 0 Å². The number of para-hydroxylation sites is 4. The van der Waals surface area contributed by atoms with Gasteiger partial charge in [-0.15, -0.1) is 22.7 Å². The molecule has 2 aromatic heterocycles. The molecule has 0 amide bonds. The molecule has 12 rings (SSSR count). The van der Waals surface area contributed by atoms with Gasteiger partial charge in [-0.2, -0.15) is 0 Å². The summed E-state index contributed by atoms with van der Waals surface area (Å²) in [5.74, 6) is 0. The molecule has 10 aromatic carbocycles. The summed E-state index contributed by atoms with van der Waals surface area (Å²) in [6, 6.07) is 71.0. The highest BCUT2D eigenvalue weighted by Crippen LogP contribution is 2.50. The van der Waals surface area contributed by atoms with Crippen molar-refractivity contribution in [2.75, 3.05) is 9.80 Å². The smallest absolute Gasteiger partial charge is 0.0476 e. The quantitative estimate of drug-likeness (QED) is 0.123. The van der Waals surface area contributed by atoms with Crippen LogP contribution in [0.4, 0.5) is 34.1 Å². The Kier molecular flexibility index (Phi) is 7.00. The Morgan fingerprint density at radius 2 is 0.607 bits per heavy atom. The number of nitrogens with zero attached hydrogens (tertiary/aromatic N) is 2. The summed E-state index contributed by atoms with van der Waals surface area (Å²) in [4.78, 5) is 4.71. The van der Waals surface area contributed by atoms with Gasteiger partial charge in [0, 0.05) is 63.7 Å². The van der Waals surface area contributed by atoms with Crippen molar-refractivity contribution in [2.45, 2.75) is 0 Å². The molecule has 0 spiro atoms. The Labute approximate surface area is 331 Å². The molecule has 0 saturated carbocycles. The fraction of sp³-hybridized carbons (Fsp3) is 0. The van der Waals surface area contributed by atoms with Gasteiger partial charge in [0.05, 0.1) is 0 Å². The first-order valence-electron chi connectivity index (χ1n) is 19.0. The maximum atomic E-state index is 2.46. The van der Waals surface area contributed by atoms with Crippen LogP contribution in [0.15, 0.2) is 194 Å². The third kappa shape index (κ3) is 4.80. The van der Waals surface area contributed by atoms with Gasteiger partial charge in [0.1, 0.15) is 0 Å². The topological polar surface area (TPSA) is 6.48 Å². The van der Waals surface area contributed by atoms with Crippen LogP contribution < -0.4 is 9.80 Å². The summed E-state index contributed by atoms with van der Waals surface area (Å²) >= 11 is 3.80. The fourth-order valence-electron chi connectivity index (χ4n) is 8.92. The minimum absolute atomic E-state index is 1.15. The molecule has 0 bridgehead atoms. The number of rotatable bonds is 6. The molecular weight excluding hydrogens is 717 g/mol. The highest BCUT2D eigenvalue weighted by atomic mass is 32.1. The van der Waals surface area contributed by atoms with Gasteiger partial charge in [0.2, 0.25) is 0 Å². The SMILES string of the molecule is c1ccc(N(c2ccccc2)c2ccc3c(c2)sc2ccc4cc5c6ccc(N(c7ccccc7)c7ccccc7)cc6sc6ccc7cc3c2c4c7c65)cc1. The van der Waals surface area contributed by atoms with Crippen LogP contribution in [0.2, 0.25) is 0 Å². The number of benzene rings is 10. The second kappa shape index (κ2) is 12.4. The van der Waals surface area contributed by atoms with Crippen LogP contribution in [0.1, 0.15) is 0 Å². The summed E-state index contributed by atoms with van der Waals surface area (Å²) in [6.45, 7) is 0. The van der Waals surface area contributed by atoms with E-state index in [0.29, 0.717) is 0 Å². The summed E-state index contributed by atoms with van der Waals surface area (Å²) in [5.41, 5.74) is 6.89. The minimum Gasteiger partial charge on any atom is -0.310 e. The maximum Gasteiger partial charge on any atom is 0.0476 e. The average molecular weight is 749 g/mol. The molecule has 262 valence electrons. The normalized spacial score (nSPS) is 11.9. The van der Waals surface area contributed by atoms with Crippen molar-refractivity contribution >= 4 is 129 Å². The van der Waals surface area contributed by atoms with Crippen molar-refractivity contribution in [3.63, 3.8) is 0 Å². The van der Waals surface area contributed by atoms with Gasteiger partial charge in [0.25, 0.3) is 0 Å². The predicted octanol–water partition coefficient (Wildman–Crippen LogP) is 16.3. The van der Waals surface area contributed by atoms with E-state index in [2.05, 4.69) is 204 Å². The molecule has 56 heavy (non-hydrogen) atoms. The second-order valence-corrected chi connectivity index (χ2v) is 16.7. The molecule has 0 radical (unpaired) electrons. The molecule has 0 N–H and O–H groups in total. The number of hydrogen-bond donors (Lipinski definition) is 0. The summed E-state index contributed by atoms with van der Waals surface area (Å²) in [6.07, 6.45) is 0. The maximum absolute atomic E-state index is 2.46. The zero-order chi connectivity index (χ0) is 36.7. The highest BCUT2D eigenvalue weighted by molar-refractivity contribution is 7.25. The lowest BCUT2D eigenvalue weighted by molar-refractivity contribution is 1.29. The standard InChI is InChI=1S/C52H32N2S2/c1-5-13-35(14-6-1)53(36-15-7-2-8-16-36)39-23-25-41-43-29-33-22-28-46-52-44(30-34-21-27-45(55-47(41)31-39)51(43)49(34)50(33)52)42-26-24-40(32-48(42)56-46)54(37-17-9-3-10-18-37)38-19-11-4-12-20-38/h1-32H. The molecule has 0 aliphatic heterocycles. The van der Waals surface area contributed by atoms with Gasteiger partial charge >= 0.3 is 0 Å². The molecule has 0 fully saturated rings. The third-order valence-electron chi connectivity index (χ3n) is 11.3. The first-order valence-corrected chi connectivity index (χ1v) is 20.6. The van der Waals surface area contributed by atoms with Crippen LogP contribution in [-0.4, -0.2) is 0 Å².